The van der Waals surface area contributed by atoms with E-state index in [0.29, 0.717) is 23.5 Å². The number of aliphatic carboxylic acids is 1. The number of benzene rings is 3. The first kappa shape index (κ1) is 24.9. The molecule has 3 aromatic rings. The molecular formula is C26H23F3N2O5. The maximum absolute atomic E-state index is 13.4. The van der Waals surface area contributed by atoms with Gasteiger partial charge in [-0.15, -0.1) is 0 Å². The van der Waals surface area contributed by atoms with E-state index in [1.807, 2.05) is 4.90 Å². The van der Waals surface area contributed by atoms with Gasteiger partial charge in [-0.05, 0) is 42.5 Å². The minimum Gasteiger partial charge on any atom is -0.486 e. The molecule has 0 bridgehead atoms. The molecular weight excluding hydrogens is 477 g/mol. The van der Waals surface area contributed by atoms with Crippen LogP contribution in [0.3, 0.4) is 0 Å². The van der Waals surface area contributed by atoms with Gasteiger partial charge in [0.25, 0.3) is 5.91 Å². The third-order valence-electron chi connectivity index (χ3n) is 5.60. The zero-order valence-electron chi connectivity index (χ0n) is 19.1. The van der Waals surface area contributed by atoms with E-state index < -0.39 is 30.2 Å². The molecule has 36 heavy (non-hydrogen) atoms. The lowest BCUT2D eigenvalue weighted by Crippen LogP contribution is -2.42. The van der Waals surface area contributed by atoms with Crippen molar-refractivity contribution >= 4 is 23.3 Å². The number of fused-ring (bicyclic) bond motifs is 1. The fourth-order valence-corrected chi connectivity index (χ4v) is 3.92. The van der Waals surface area contributed by atoms with Crippen LogP contribution >= 0.6 is 0 Å². The molecule has 188 valence electrons. The van der Waals surface area contributed by atoms with Crippen LogP contribution in [0.2, 0.25) is 0 Å². The second-order valence-electron chi connectivity index (χ2n) is 7.99. The molecule has 1 aliphatic heterocycles. The lowest BCUT2D eigenvalue weighted by molar-refractivity contribution is -0.139. The van der Waals surface area contributed by atoms with Crippen molar-refractivity contribution in [1.82, 2.24) is 0 Å². The first-order valence-electron chi connectivity index (χ1n) is 11.1. The van der Waals surface area contributed by atoms with Crippen molar-refractivity contribution in [3.05, 3.63) is 83.9 Å². The predicted octanol–water partition coefficient (Wildman–Crippen LogP) is 4.71. The zero-order valence-corrected chi connectivity index (χ0v) is 19.1. The zero-order chi connectivity index (χ0) is 25.7. The third kappa shape index (κ3) is 5.70. The van der Waals surface area contributed by atoms with E-state index in [9.17, 15) is 22.8 Å². The van der Waals surface area contributed by atoms with Crippen LogP contribution in [0.5, 0.6) is 11.5 Å². The number of hydrogen-bond donors (Lipinski definition) is 1. The van der Waals surface area contributed by atoms with Crippen molar-refractivity contribution in [1.29, 1.82) is 0 Å². The van der Waals surface area contributed by atoms with E-state index in [4.69, 9.17) is 14.6 Å². The first-order valence-corrected chi connectivity index (χ1v) is 11.1. The summed E-state index contributed by atoms with van der Waals surface area (Å²) in [5, 5.41) is 8.92. The molecule has 10 heteroatoms. The maximum Gasteiger partial charge on any atom is 0.416 e. The van der Waals surface area contributed by atoms with Crippen molar-refractivity contribution in [2.24, 2.45) is 0 Å². The fourth-order valence-electron chi connectivity index (χ4n) is 3.92. The van der Waals surface area contributed by atoms with Gasteiger partial charge in [-0.3, -0.25) is 4.79 Å². The summed E-state index contributed by atoms with van der Waals surface area (Å²) in [6.07, 6.45) is -4.55. The third-order valence-corrected chi connectivity index (χ3v) is 5.60. The number of ether oxygens (including phenoxy) is 2. The van der Waals surface area contributed by atoms with Gasteiger partial charge in [0.15, 0.2) is 18.1 Å². The SMILES string of the molecule is O=C(O)COc1cccc2c1OCCN2CCN(C(=O)c1ccccc1)c1cccc(C(F)(F)F)c1. The summed E-state index contributed by atoms with van der Waals surface area (Å²) >= 11 is 0. The second-order valence-corrected chi connectivity index (χ2v) is 7.99. The summed E-state index contributed by atoms with van der Waals surface area (Å²) in [6.45, 7) is 0.596. The molecule has 0 aliphatic carbocycles. The molecule has 7 nitrogen and oxygen atoms in total. The maximum atomic E-state index is 13.4. The molecule has 0 saturated heterocycles. The lowest BCUT2D eigenvalue weighted by Gasteiger charge is -2.34. The number of para-hydroxylation sites is 1. The molecule has 0 atom stereocenters. The fraction of sp³-hybridized carbons (Fsp3) is 0.231. The van der Waals surface area contributed by atoms with Crippen molar-refractivity contribution < 1.29 is 37.3 Å². The minimum absolute atomic E-state index is 0.0920. The normalized spacial score (nSPS) is 12.9. The van der Waals surface area contributed by atoms with E-state index in [1.54, 1.807) is 48.5 Å². The number of carbonyl (C=O) groups is 2. The van der Waals surface area contributed by atoms with Crippen LogP contribution in [0, 0.1) is 0 Å². The molecule has 1 heterocycles. The molecule has 1 amide bonds. The molecule has 0 aromatic heterocycles. The Morgan fingerprint density at radius 3 is 2.50 bits per heavy atom. The average Bonchev–Trinajstić information content (AvgIpc) is 2.87. The van der Waals surface area contributed by atoms with Crippen molar-refractivity contribution in [2.75, 3.05) is 42.6 Å². The molecule has 3 aromatic carbocycles. The van der Waals surface area contributed by atoms with E-state index in [2.05, 4.69) is 0 Å². The molecule has 0 fully saturated rings. The van der Waals surface area contributed by atoms with Crippen LogP contribution in [-0.4, -0.2) is 49.8 Å². The molecule has 4 rings (SSSR count). The van der Waals surface area contributed by atoms with Gasteiger partial charge in [0, 0.05) is 24.3 Å². The first-order chi connectivity index (χ1) is 17.2. The van der Waals surface area contributed by atoms with E-state index in [0.717, 1.165) is 12.1 Å². The van der Waals surface area contributed by atoms with Gasteiger partial charge in [0.1, 0.15) is 6.61 Å². The number of nitrogens with zero attached hydrogens (tertiary/aromatic N) is 2. The average molecular weight is 500 g/mol. The van der Waals surface area contributed by atoms with E-state index in [-0.39, 0.29) is 31.1 Å². The number of rotatable bonds is 8. The minimum atomic E-state index is -4.55. The van der Waals surface area contributed by atoms with Crippen LogP contribution in [0.25, 0.3) is 0 Å². The predicted molar refractivity (Wildman–Crippen MR) is 127 cm³/mol. The summed E-state index contributed by atoms with van der Waals surface area (Å²) in [5.41, 5.74) is 0.274. The topological polar surface area (TPSA) is 79.3 Å². The summed E-state index contributed by atoms with van der Waals surface area (Å²) in [7, 11) is 0. The monoisotopic (exact) mass is 500 g/mol. The van der Waals surface area contributed by atoms with Gasteiger partial charge in [-0.25, -0.2) is 4.79 Å². The Bertz CT molecular complexity index is 1230. The van der Waals surface area contributed by atoms with Crippen LogP contribution in [-0.2, 0) is 11.0 Å². The highest BCUT2D eigenvalue weighted by Crippen LogP contribution is 2.40. The standard InChI is InChI=1S/C26H23F3N2O5/c27-26(28,29)19-8-4-9-20(16-19)31(25(34)18-6-2-1-3-7-18)13-12-30-14-15-35-24-21(30)10-5-11-22(24)36-17-23(32)33/h1-11,16H,12-15,17H2,(H,32,33). The van der Waals surface area contributed by atoms with Gasteiger partial charge in [-0.1, -0.05) is 30.3 Å². The number of amides is 1. The van der Waals surface area contributed by atoms with Crippen molar-refractivity contribution in [2.45, 2.75) is 6.18 Å². The quantitative estimate of drug-likeness (QED) is 0.483. The number of alkyl halides is 3. The van der Waals surface area contributed by atoms with Gasteiger partial charge in [0.2, 0.25) is 0 Å². The largest absolute Gasteiger partial charge is 0.486 e. The molecule has 1 N–H and O–H groups in total. The van der Waals surface area contributed by atoms with E-state index in [1.165, 1.54) is 17.0 Å². The number of halogens is 3. The second kappa shape index (κ2) is 10.6. The van der Waals surface area contributed by atoms with Gasteiger partial charge >= 0.3 is 12.1 Å². The van der Waals surface area contributed by atoms with Gasteiger partial charge in [0.05, 0.1) is 17.8 Å². The van der Waals surface area contributed by atoms with Crippen molar-refractivity contribution in [3.63, 3.8) is 0 Å². The summed E-state index contributed by atoms with van der Waals surface area (Å²) in [4.78, 5) is 27.5. The Labute approximate surface area is 205 Å². The molecule has 0 saturated carbocycles. The van der Waals surface area contributed by atoms with Gasteiger partial charge in [-0.2, -0.15) is 13.2 Å². The Morgan fingerprint density at radius 1 is 1.03 bits per heavy atom. The lowest BCUT2D eigenvalue weighted by atomic mass is 10.1. The summed E-state index contributed by atoms with van der Waals surface area (Å²) in [6, 6.07) is 18.1. The molecule has 1 aliphatic rings. The summed E-state index contributed by atoms with van der Waals surface area (Å²) in [5.74, 6) is -0.905. The smallest absolute Gasteiger partial charge is 0.416 e. The highest BCUT2D eigenvalue weighted by Gasteiger charge is 2.32. The molecule has 0 radical (unpaired) electrons. The van der Waals surface area contributed by atoms with Crippen molar-refractivity contribution in [3.8, 4) is 11.5 Å². The molecule has 0 unspecified atom stereocenters. The van der Waals surface area contributed by atoms with Crippen LogP contribution in [0.1, 0.15) is 15.9 Å². The Kier molecular flexibility index (Phi) is 7.33. The number of anilines is 2. The Morgan fingerprint density at radius 2 is 1.78 bits per heavy atom. The number of carbonyl (C=O) groups excluding carboxylic acids is 1. The van der Waals surface area contributed by atoms with Crippen LogP contribution in [0.15, 0.2) is 72.8 Å². The molecule has 0 spiro atoms. The van der Waals surface area contributed by atoms with Crippen LogP contribution in [0.4, 0.5) is 24.5 Å². The van der Waals surface area contributed by atoms with Gasteiger partial charge < -0.3 is 24.4 Å². The number of hydrogen-bond acceptors (Lipinski definition) is 5. The Hall–Kier alpha value is -4.21. The Balaban J connectivity index is 1.61. The number of carboxylic acid groups (broad SMARTS) is 1. The van der Waals surface area contributed by atoms with Crippen LogP contribution < -0.4 is 19.3 Å². The highest BCUT2D eigenvalue weighted by molar-refractivity contribution is 6.06. The summed E-state index contributed by atoms with van der Waals surface area (Å²) < 4.78 is 51.2. The highest BCUT2D eigenvalue weighted by atomic mass is 19.4. The number of carboxylic acids is 1. The van der Waals surface area contributed by atoms with E-state index >= 15 is 0 Å².